The Hall–Kier alpha value is -3.75. The number of hydrogen-bond donors (Lipinski definition) is 3. The molecule has 0 radical (unpaired) electrons. The van der Waals surface area contributed by atoms with E-state index in [1.54, 1.807) is 16.0 Å². The summed E-state index contributed by atoms with van der Waals surface area (Å²) in [7, 11) is 0. The van der Waals surface area contributed by atoms with Crippen LogP contribution in [0.15, 0.2) is 78.2 Å². The van der Waals surface area contributed by atoms with E-state index in [4.69, 9.17) is 5.10 Å². The van der Waals surface area contributed by atoms with Crippen LogP contribution in [0.3, 0.4) is 0 Å². The lowest BCUT2D eigenvalue weighted by Crippen LogP contribution is -2.53. The summed E-state index contributed by atoms with van der Waals surface area (Å²) in [4.78, 5) is 26.4. The maximum atomic E-state index is 13.0. The molecular weight excluding hydrogens is 470 g/mol. The fourth-order valence-corrected chi connectivity index (χ4v) is 5.15. The molecule has 2 atom stereocenters. The summed E-state index contributed by atoms with van der Waals surface area (Å²) in [6, 6.07) is 24.1. The third-order valence-electron chi connectivity index (χ3n) is 6.21. The highest BCUT2D eigenvalue weighted by Crippen LogP contribution is 2.28. The zero-order chi connectivity index (χ0) is 24.9. The SMILES string of the molecule is CCCC1CC(=O)NC(n2nc(-c3cccs3)cc2NC(=O)Cc2ccc(-c3ccccc3)cc2)N1. The van der Waals surface area contributed by atoms with Crippen LogP contribution in [-0.2, 0) is 16.0 Å². The van der Waals surface area contributed by atoms with Gasteiger partial charge in [0.25, 0.3) is 0 Å². The molecule has 1 fully saturated rings. The van der Waals surface area contributed by atoms with Crippen LogP contribution in [0.4, 0.5) is 5.82 Å². The van der Waals surface area contributed by atoms with Gasteiger partial charge < -0.3 is 10.6 Å². The summed E-state index contributed by atoms with van der Waals surface area (Å²) in [6.07, 6.45) is 2.01. The molecular formula is C28H29N5O2S. The number of hydrogen-bond acceptors (Lipinski definition) is 5. The first kappa shape index (κ1) is 24.0. The molecule has 36 heavy (non-hydrogen) atoms. The van der Waals surface area contributed by atoms with E-state index in [1.807, 2.05) is 66.0 Å². The molecule has 0 aliphatic carbocycles. The minimum absolute atomic E-state index is 0.0267. The number of carbonyl (C=O) groups excluding carboxylic acids is 2. The molecule has 1 aliphatic rings. The number of thiophene rings is 1. The normalized spacial score (nSPS) is 17.5. The second-order valence-electron chi connectivity index (χ2n) is 8.95. The van der Waals surface area contributed by atoms with E-state index in [1.165, 1.54) is 0 Å². The van der Waals surface area contributed by atoms with E-state index in [0.29, 0.717) is 12.2 Å². The van der Waals surface area contributed by atoms with Gasteiger partial charge in [0.1, 0.15) is 11.5 Å². The first-order chi connectivity index (χ1) is 17.6. The highest BCUT2D eigenvalue weighted by Gasteiger charge is 2.29. The van der Waals surface area contributed by atoms with E-state index in [9.17, 15) is 9.59 Å². The molecule has 7 nitrogen and oxygen atoms in total. The average molecular weight is 500 g/mol. The zero-order valence-corrected chi connectivity index (χ0v) is 20.9. The summed E-state index contributed by atoms with van der Waals surface area (Å²) in [5.41, 5.74) is 3.92. The second-order valence-corrected chi connectivity index (χ2v) is 9.90. The molecule has 2 aromatic carbocycles. The van der Waals surface area contributed by atoms with Crippen LogP contribution in [0.5, 0.6) is 0 Å². The van der Waals surface area contributed by atoms with Crippen molar-refractivity contribution >= 4 is 29.0 Å². The molecule has 1 aliphatic heterocycles. The average Bonchev–Trinajstić information content (AvgIpc) is 3.55. The van der Waals surface area contributed by atoms with Crippen molar-refractivity contribution in [1.82, 2.24) is 20.4 Å². The zero-order valence-electron chi connectivity index (χ0n) is 20.1. The van der Waals surface area contributed by atoms with Crippen molar-refractivity contribution in [3.63, 3.8) is 0 Å². The lowest BCUT2D eigenvalue weighted by molar-refractivity contribution is -0.125. The maximum absolute atomic E-state index is 13.0. The third-order valence-corrected chi connectivity index (χ3v) is 7.10. The van der Waals surface area contributed by atoms with Crippen LogP contribution in [0.1, 0.15) is 38.0 Å². The molecule has 0 saturated carbocycles. The fraction of sp³-hybridized carbons (Fsp3) is 0.250. The van der Waals surface area contributed by atoms with Gasteiger partial charge in [0, 0.05) is 18.5 Å². The Morgan fingerprint density at radius 3 is 2.58 bits per heavy atom. The van der Waals surface area contributed by atoms with Gasteiger partial charge >= 0.3 is 0 Å². The van der Waals surface area contributed by atoms with E-state index in [2.05, 4.69) is 35.0 Å². The molecule has 4 aromatic rings. The topological polar surface area (TPSA) is 88.1 Å². The Labute approximate surface area is 214 Å². The van der Waals surface area contributed by atoms with Crippen molar-refractivity contribution in [3.8, 4) is 21.7 Å². The van der Waals surface area contributed by atoms with Crippen LogP contribution in [0, 0.1) is 0 Å². The first-order valence-electron chi connectivity index (χ1n) is 12.2. The van der Waals surface area contributed by atoms with Crippen molar-refractivity contribution in [3.05, 3.63) is 83.7 Å². The Morgan fingerprint density at radius 1 is 1.08 bits per heavy atom. The van der Waals surface area contributed by atoms with E-state index >= 15 is 0 Å². The summed E-state index contributed by atoms with van der Waals surface area (Å²) < 4.78 is 1.67. The molecule has 2 aromatic heterocycles. The van der Waals surface area contributed by atoms with Crippen molar-refractivity contribution in [2.45, 2.75) is 44.9 Å². The molecule has 3 N–H and O–H groups in total. The minimum Gasteiger partial charge on any atom is -0.322 e. The summed E-state index contributed by atoms with van der Waals surface area (Å²) in [5.74, 6) is 0.369. The fourth-order valence-electron chi connectivity index (χ4n) is 4.47. The van der Waals surface area contributed by atoms with E-state index in [0.717, 1.165) is 40.1 Å². The van der Waals surface area contributed by atoms with Crippen molar-refractivity contribution in [2.75, 3.05) is 5.32 Å². The number of nitrogens with zero attached hydrogens (tertiary/aromatic N) is 2. The minimum atomic E-state index is -0.531. The molecule has 184 valence electrons. The van der Waals surface area contributed by atoms with Crippen LogP contribution >= 0.6 is 11.3 Å². The van der Waals surface area contributed by atoms with Crippen molar-refractivity contribution in [2.24, 2.45) is 0 Å². The summed E-state index contributed by atoms with van der Waals surface area (Å²) in [6.45, 7) is 2.10. The van der Waals surface area contributed by atoms with Crippen LogP contribution in [0.25, 0.3) is 21.7 Å². The predicted octanol–water partition coefficient (Wildman–Crippen LogP) is 5.19. The number of carbonyl (C=O) groups is 2. The number of anilines is 1. The highest BCUT2D eigenvalue weighted by molar-refractivity contribution is 7.13. The number of rotatable bonds is 8. The smallest absolute Gasteiger partial charge is 0.229 e. The largest absolute Gasteiger partial charge is 0.322 e. The van der Waals surface area contributed by atoms with Crippen LogP contribution in [-0.4, -0.2) is 27.6 Å². The van der Waals surface area contributed by atoms with Gasteiger partial charge in [-0.3, -0.25) is 14.9 Å². The molecule has 2 amide bonds. The molecule has 8 heteroatoms. The highest BCUT2D eigenvalue weighted by atomic mass is 32.1. The number of benzene rings is 2. The van der Waals surface area contributed by atoms with Gasteiger partial charge in [0.05, 0.1) is 11.3 Å². The summed E-state index contributed by atoms with van der Waals surface area (Å²) in [5, 5.41) is 16.2. The van der Waals surface area contributed by atoms with Gasteiger partial charge in [-0.05, 0) is 34.6 Å². The lowest BCUT2D eigenvalue weighted by Gasteiger charge is -2.32. The third kappa shape index (κ3) is 5.56. The summed E-state index contributed by atoms with van der Waals surface area (Å²) >= 11 is 1.58. The van der Waals surface area contributed by atoms with Crippen LogP contribution in [0.2, 0.25) is 0 Å². The standard InChI is InChI=1S/C28H29N5O2S/c1-2-7-22-17-27(35)31-28(29-22)33-25(18-23(32-33)24-10-6-15-36-24)30-26(34)16-19-11-13-21(14-12-19)20-8-4-3-5-9-20/h3-6,8-15,18,22,28-29H,2,7,16-17H2,1H3,(H,30,34)(H,31,35). The maximum Gasteiger partial charge on any atom is 0.229 e. The van der Waals surface area contributed by atoms with Gasteiger partial charge in [-0.2, -0.15) is 5.10 Å². The second kappa shape index (κ2) is 10.9. The molecule has 0 spiro atoms. The molecule has 2 unspecified atom stereocenters. The van der Waals surface area contributed by atoms with Gasteiger partial charge in [-0.15, -0.1) is 11.3 Å². The predicted molar refractivity (Wildman–Crippen MR) is 143 cm³/mol. The van der Waals surface area contributed by atoms with Gasteiger partial charge in [0.2, 0.25) is 11.8 Å². The quantitative estimate of drug-likeness (QED) is 0.311. The number of nitrogens with one attached hydrogen (secondary N) is 3. The van der Waals surface area contributed by atoms with Crippen molar-refractivity contribution in [1.29, 1.82) is 0 Å². The Morgan fingerprint density at radius 2 is 1.86 bits per heavy atom. The van der Waals surface area contributed by atoms with E-state index < -0.39 is 6.29 Å². The Balaban J connectivity index is 1.34. The number of aromatic nitrogens is 2. The van der Waals surface area contributed by atoms with Crippen molar-refractivity contribution < 1.29 is 9.59 Å². The Bertz CT molecular complexity index is 1320. The molecule has 3 heterocycles. The molecule has 1 saturated heterocycles. The lowest BCUT2D eigenvalue weighted by atomic mass is 10.0. The van der Waals surface area contributed by atoms with Crippen LogP contribution < -0.4 is 16.0 Å². The monoisotopic (exact) mass is 499 g/mol. The van der Waals surface area contributed by atoms with Gasteiger partial charge in [0.15, 0.2) is 6.29 Å². The Kier molecular flexibility index (Phi) is 7.25. The van der Waals surface area contributed by atoms with Gasteiger partial charge in [-0.1, -0.05) is 74.0 Å². The first-order valence-corrected chi connectivity index (χ1v) is 13.1. The molecule has 0 bridgehead atoms. The van der Waals surface area contributed by atoms with Gasteiger partial charge in [-0.25, -0.2) is 4.68 Å². The molecule has 5 rings (SSSR count). The van der Waals surface area contributed by atoms with E-state index in [-0.39, 0.29) is 24.3 Å². The number of amides is 2.